The minimum Gasteiger partial charge on any atom is -0.491 e. The van der Waals surface area contributed by atoms with Gasteiger partial charge in [0, 0.05) is 11.0 Å². The fourth-order valence-corrected chi connectivity index (χ4v) is 4.83. The summed E-state index contributed by atoms with van der Waals surface area (Å²) in [5, 5.41) is 3.50. The molecule has 4 nitrogen and oxygen atoms in total. The zero-order chi connectivity index (χ0) is 20.9. The van der Waals surface area contributed by atoms with Crippen LogP contribution in [0, 0.1) is 5.92 Å². The Hall–Kier alpha value is -1.72. The minimum atomic E-state index is 0.207. The van der Waals surface area contributed by atoms with E-state index >= 15 is 0 Å². The van der Waals surface area contributed by atoms with Crippen LogP contribution < -0.4 is 14.8 Å². The smallest absolute Gasteiger partial charge is 0.142 e. The van der Waals surface area contributed by atoms with E-state index < -0.39 is 0 Å². The molecule has 0 radical (unpaired) electrons. The highest BCUT2D eigenvalue weighted by Crippen LogP contribution is 2.31. The number of fused-ring (bicyclic) bond motifs is 1. The highest BCUT2D eigenvalue weighted by molar-refractivity contribution is 9.10. The van der Waals surface area contributed by atoms with Crippen LogP contribution in [0.1, 0.15) is 38.7 Å². The van der Waals surface area contributed by atoms with Gasteiger partial charge in [0.1, 0.15) is 17.6 Å². The van der Waals surface area contributed by atoms with Crippen LogP contribution in [0.15, 0.2) is 46.9 Å². The number of nitrogens with zero attached hydrogens (tertiary/aromatic N) is 1. The summed E-state index contributed by atoms with van der Waals surface area (Å²) in [7, 11) is 0. The van der Waals surface area contributed by atoms with Gasteiger partial charge in [-0.15, -0.1) is 0 Å². The van der Waals surface area contributed by atoms with E-state index in [1.54, 1.807) is 0 Å². The lowest BCUT2D eigenvalue weighted by Gasteiger charge is -2.34. The molecule has 162 valence electrons. The molecule has 0 amide bonds. The third-order valence-corrected chi connectivity index (χ3v) is 6.85. The van der Waals surface area contributed by atoms with Crippen LogP contribution in [0.4, 0.5) is 5.69 Å². The Bertz CT molecular complexity index is 834. The Labute approximate surface area is 189 Å². The Morgan fingerprint density at radius 2 is 1.97 bits per heavy atom. The van der Waals surface area contributed by atoms with Gasteiger partial charge in [-0.2, -0.15) is 0 Å². The lowest BCUT2D eigenvalue weighted by molar-refractivity contribution is 0.139. The molecular weight excluding hydrogens is 440 g/mol. The molecule has 2 aliphatic heterocycles. The van der Waals surface area contributed by atoms with Crippen molar-refractivity contribution in [1.82, 2.24) is 4.90 Å². The van der Waals surface area contributed by atoms with Crippen molar-refractivity contribution in [3.8, 4) is 11.5 Å². The van der Waals surface area contributed by atoms with E-state index in [1.165, 1.54) is 36.0 Å². The molecule has 1 fully saturated rings. The summed E-state index contributed by atoms with van der Waals surface area (Å²) in [4.78, 5) is 2.60. The molecule has 5 heteroatoms. The van der Waals surface area contributed by atoms with Crippen LogP contribution in [0.25, 0.3) is 0 Å². The third kappa shape index (κ3) is 5.70. The van der Waals surface area contributed by atoms with E-state index in [9.17, 15) is 0 Å². The van der Waals surface area contributed by atoms with Gasteiger partial charge in [-0.25, -0.2) is 0 Å². The monoisotopic (exact) mass is 472 g/mol. The van der Waals surface area contributed by atoms with Gasteiger partial charge in [-0.05, 0) is 94.4 Å². The second-order valence-corrected chi connectivity index (χ2v) is 9.67. The number of hydrogen-bond acceptors (Lipinski definition) is 4. The van der Waals surface area contributed by atoms with Crippen molar-refractivity contribution in [2.24, 2.45) is 5.92 Å². The molecule has 0 aliphatic carbocycles. The molecule has 30 heavy (non-hydrogen) atoms. The van der Waals surface area contributed by atoms with Crippen molar-refractivity contribution in [3.63, 3.8) is 0 Å². The summed E-state index contributed by atoms with van der Waals surface area (Å²) < 4.78 is 13.2. The first kappa shape index (κ1) is 21.5. The van der Waals surface area contributed by atoms with Gasteiger partial charge in [0.25, 0.3) is 0 Å². The zero-order valence-corrected chi connectivity index (χ0v) is 19.7. The topological polar surface area (TPSA) is 33.7 Å². The van der Waals surface area contributed by atoms with E-state index in [2.05, 4.69) is 70.3 Å². The van der Waals surface area contributed by atoms with Gasteiger partial charge < -0.3 is 19.7 Å². The van der Waals surface area contributed by atoms with Crippen molar-refractivity contribution in [3.05, 3.63) is 52.5 Å². The van der Waals surface area contributed by atoms with Crippen LogP contribution in [0.2, 0.25) is 0 Å². The lowest BCUT2D eigenvalue weighted by atomic mass is 9.90. The van der Waals surface area contributed by atoms with Gasteiger partial charge >= 0.3 is 0 Å². The summed E-state index contributed by atoms with van der Waals surface area (Å²) in [6, 6.07) is 14.6. The van der Waals surface area contributed by atoms with E-state index in [1.807, 2.05) is 12.1 Å². The summed E-state index contributed by atoms with van der Waals surface area (Å²) in [5.74, 6) is 2.70. The average Bonchev–Trinajstić information content (AvgIpc) is 2.75. The molecule has 0 bridgehead atoms. The molecule has 2 aliphatic rings. The maximum absolute atomic E-state index is 6.17. The average molecular weight is 473 g/mol. The number of anilines is 1. The second kappa shape index (κ2) is 10.1. The number of likely N-dealkylation sites (tertiary alicyclic amines) is 1. The molecule has 0 saturated carbocycles. The number of rotatable bonds is 7. The third-order valence-electron chi connectivity index (χ3n) is 6.07. The first-order valence-corrected chi connectivity index (χ1v) is 12.0. The fourth-order valence-electron chi connectivity index (χ4n) is 4.43. The minimum absolute atomic E-state index is 0.207. The van der Waals surface area contributed by atoms with Crippen LogP contribution in [0.3, 0.4) is 0 Å². The lowest BCUT2D eigenvalue weighted by Crippen LogP contribution is -2.39. The van der Waals surface area contributed by atoms with Crippen LogP contribution in [-0.4, -0.2) is 43.3 Å². The molecule has 2 aromatic carbocycles. The normalized spacial score (nSPS) is 19.8. The molecule has 1 atom stereocenters. The Morgan fingerprint density at radius 3 is 2.77 bits per heavy atom. The van der Waals surface area contributed by atoms with E-state index in [0.717, 1.165) is 49.0 Å². The highest BCUT2D eigenvalue weighted by Gasteiger charge is 2.23. The summed E-state index contributed by atoms with van der Waals surface area (Å²) >= 11 is 3.73. The summed E-state index contributed by atoms with van der Waals surface area (Å²) in [6.07, 6.45) is 5.18. The standard InChI is InChI=1S/C25H33BrN2O2/c1-18(2)29-21-7-8-23(26)20(16-21)15-19-9-12-28(13-10-19)14-11-22-17-27-24-5-3-4-6-25(24)30-22/h3-8,16,18-19,22,27H,9-15,17H2,1-2H3. The van der Waals surface area contributed by atoms with Gasteiger partial charge in [-0.1, -0.05) is 28.1 Å². The van der Waals surface area contributed by atoms with Gasteiger partial charge in [-0.3, -0.25) is 0 Å². The van der Waals surface area contributed by atoms with Gasteiger partial charge in [0.05, 0.1) is 18.3 Å². The largest absolute Gasteiger partial charge is 0.491 e. The van der Waals surface area contributed by atoms with Crippen molar-refractivity contribution < 1.29 is 9.47 Å². The van der Waals surface area contributed by atoms with E-state index in [4.69, 9.17) is 9.47 Å². The predicted molar refractivity (Wildman–Crippen MR) is 127 cm³/mol. The van der Waals surface area contributed by atoms with Gasteiger partial charge in [0.15, 0.2) is 0 Å². The zero-order valence-electron chi connectivity index (χ0n) is 18.1. The van der Waals surface area contributed by atoms with Crippen molar-refractivity contribution in [1.29, 1.82) is 0 Å². The Morgan fingerprint density at radius 1 is 1.17 bits per heavy atom. The number of benzene rings is 2. The first-order valence-electron chi connectivity index (χ1n) is 11.2. The van der Waals surface area contributed by atoms with E-state index in [0.29, 0.717) is 0 Å². The van der Waals surface area contributed by atoms with Crippen LogP contribution >= 0.6 is 15.9 Å². The molecule has 0 aromatic heterocycles. The molecule has 4 rings (SSSR count). The number of hydrogen-bond donors (Lipinski definition) is 1. The molecule has 1 unspecified atom stereocenters. The van der Waals surface area contributed by atoms with Crippen LogP contribution in [-0.2, 0) is 6.42 Å². The van der Waals surface area contributed by atoms with Crippen molar-refractivity contribution in [2.75, 3.05) is 31.5 Å². The maximum atomic E-state index is 6.17. The SMILES string of the molecule is CC(C)Oc1ccc(Br)c(CC2CCN(CCC3CNc4ccccc4O3)CC2)c1. The molecule has 1 saturated heterocycles. The predicted octanol–water partition coefficient (Wildman–Crippen LogP) is 5.75. The van der Waals surface area contributed by atoms with Gasteiger partial charge in [0.2, 0.25) is 0 Å². The second-order valence-electron chi connectivity index (χ2n) is 8.81. The van der Waals surface area contributed by atoms with Crippen LogP contribution in [0.5, 0.6) is 11.5 Å². The summed E-state index contributed by atoms with van der Waals surface area (Å²) in [5.41, 5.74) is 2.48. The maximum Gasteiger partial charge on any atom is 0.142 e. The number of para-hydroxylation sites is 2. The molecule has 2 heterocycles. The number of piperidine rings is 1. The van der Waals surface area contributed by atoms with Crippen molar-refractivity contribution in [2.45, 2.75) is 51.7 Å². The quantitative estimate of drug-likeness (QED) is 0.555. The number of nitrogens with one attached hydrogen (secondary N) is 1. The number of ether oxygens (including phenoxy) is 2. The number of halogens is 1. The van der Waals surface area contributed by atoms with Crippen molar-refractivity contribution >= 4 is 21.6 Å². The molecule has 1 N–H and O–H groups in total. The summed E-state index contributed by atoms with van der Waals surface area (Å²) in [6.45, 7) is 8.52. The Balaban J connectivity index is 1.22. The first-order chi connectivity index (χ1) is 14.6. The molecule has 2 aromatic rings. The molecular formula is C25H33BrN2O2. The Kier molecular flexibility index (Phi) is 7.21. The highest BCUT2D eigenvalue weighted by atomic mass is 79.9. The molecule has 0 spiro atoms. The fraction of sp³-hybridized carbons (Fsp3) is 0.520. The van der Waals surface area contributed by atoms with E-state index in [-0.39, 0.29) is 12.2 Å².